The predicted octanol–water partition coefficient (Wildman–Crippen LogP) is 3.48. The van der Waals surface area contributed by atoms with Crippen LogP contribution in [-0.4, -0.2) is 13.1 Å². The third-order valence-electron chi connectivity index (χ3n) is 3.82. The average Bonchev–Trinajstić information content (AvgIpc) is 3.22. The molecule has 0 saturated heterocycles. The van der Waals surface area contributed by atoms with E-state index in [4.69, 9.17) is 4.42 Å². The third kappa shape index (κ3) is 3.23. The quantitative estimate of drug-likeness (QED) is 0.871. The number of rotatable bonds is 6. The van der Waals surface area contributed by atoms with Crippen molar-refractivity contribution in [1.82, 2.24) is 5.32 Å². The van der Waals surface area contributed by atoms with Gasteiger partial charge in [-0.25, -0.2) is 0 Å². The maximum atomic E-state index is 5.88. The molecule has 0 unspecified atom stereocenters. The van der Waals surface area contributed by atoms with E-state index in [1.807, 2.05) is 6.07 Å². The molecule has 1 N–H and O–H groups in total. The first kappa shape index (κ1) is 13.3. The number of para-hydroxylation sites is 1. The molecule has 1 aliphatic rings. The van der Waals surface area contributed by atoms with Crippen LogP contribution in [0.4, 0.5) is 5.69 Å². The Bertz CT molecular complexity index is 558. The molecule has 0 amide bonds. The molecule has 1 heterocycles. The van der Waals surface area contributed by atoms with Crippen LogP contribution in [0, 0.1) is 6.92 Å². The molecule has 2 aromatic rings. The molecule has 0 atom stereocenters. The average molecular weight is 270 g/mol. The number of furan rings is 1. The van der Waals surface area contributed by atoms with E-state index in [1.54, 1.807) is 0 Å². The molecule has 0 spiro atoms. The van der Waals surface area contributed by atoms with Crippen molar-refractivity contribution in [2.45, 2.75) is 38.9 Å². The molecular weight excluding hydrogens is 248 g/mol. The molecule has 20 heavy (non-hydrogen) atoms. The highest BCUT2D eigenvalue weighted by atomic mass is 16.3. The topological polar surface area (TPSA) is 28.4 Å². The van der Waals surface area contributed by atoms with Crippen LogP contribution in [0.25, 0.3) is 0 Å². The van der Waals surface area contributed by atoms with Crippen molar-refractivity contribution < 1.29 is 4.42 Å². The Kier molecular flexibility index (Phi) is 3.79. The van der Waals surface area contributed by atoms with Gasteiger partial charge in [-0.05, 0) is 38.0 Å². The normalized spacial score (nSPS) is 14.5. The Labute approximate surface area is 120 Å². The molecule has 1 fully saturated rings. The van der Waals surface area contributed by atoms with Gasteiger partial charge in [0.15, 0.2) is 0 Å². The first-order valence-corrected chi connectivity index (χ1v) is 7.30. The van der Waals surface area contributed by atoms with E-state index in [1.165, 1.54) is 24.1 Å². The maximum Gasteiger partial charge on any atom is 0.123 e. The lowest BCUT2D eigenvalue weighted by molar-refractivity contribution is 0.477. The van der Waals surface area contributed by atoms with Crippen LogP contribution in [0.5, 0.6) is 0 Å². The summed E-state index contributed by atoms with van der Waals surface area (Å²) in [6.07, 6.45) is 2.64. The van der Waals surface area contributed by atoms with Crippen LogP contribution in [-0.2, 0) is 13.1 Å². The summed E-state index contributed by atoms with van der Waals surface area (Å²) in [6.45, 7) is 3.78. The first-order valence-electron chi connectivity index (χ1n) is 7.30. The molecule has 1 aliphatic carbocycles. The predicted molar refractivity (Wildman–Crippen MR) is 81.9 cm³/mol. The van der Waals surface area contributed by atoms with Crippen molar-refractivity contribution in [1.29, 1.82) is 0 Å². The lowest BCUT2D eigenvalue weighted by Crippen LogP contribution is -2.16. The second-order valence-electron chi connectivity index (χ2n) is 5.64. The van der Waals surface area contributed by atoms with Crippen LogP contribution in [0.1, 0.15) is 29.9 Å². The summed E-state index contributed by atoms with van der Waals surface area (Å²) in [4.78, 5) is 2.20. The highest BCUT2D eigenvalue weighted by Gasteiger charge is 2.21. The van der Waals surface area contributed by atoms with Gasteiger partial charge >= 0.3 is 0 Å². The largest absolute Gasteiger partial charge is 0.464 e. The summed E-state index contributed by atoms with van der Waals surface area (Å²) < 4.78 is 5.88. The number of hydrogen-bond acceptors (Lipinski definition) is 3. The highest BCUT2D eigenvalue weighted by molar-refractivity contribution is 5.45. The highest BCUT2D eigenvalue weighted by Crippen LogP contribution is 2.22. The van der Waals surface area contributed by atoms with E-state index in [-0.39, 0.29) is 0 Å². The minimum Gasteiger partial charge on any atom is -0.464 e. The molecular formula is C17H22N2O. The van der Waals surface area contributed by atoms with Gasteiger partial charge in [-0.3, -0.25) is 0 Å². The Balaban J connectivity index is 1.63. The van der Waals surface area contributed by atoms with Crippen LogP contribution >= 0.6 is 0 Å². The van der Waals surface area contributed by atoms with Crippen molar-refractivity contribution in [2.24, 2.45) is 0 Å². The molecule has 106 valence electrons. The number of nitrogens with zero attached hydrogens (tertiary/aromatic N) is 1. The molecule has 3 nitrogen and oxygen atoms in total. The van der Waals surface area contributed by atoms with E-state index in [0.29, 0.717) is 0 Å². The van der Waals surface area contributed by atoms with Gasteiger partial charge in [0.1, 0.15) is 11.5 Å². The Morgan fingerprint density at radius 1 is 1.25 bits per heavy atom. The molecule has 3 rings (SSSR count). The van der Waals surface area contributed by atoms with E-state index in [9.17, 15) is 0 Å². The lowest BCUT2D eigenvalue weighted by Gasteiger charge is -2.17. The van der Waals surface area contributed by atoms with Crippen molar-refractivity contribution in [3.63, 3.8) is 0 Å². The molecule has 3 heteroatoms. The summed E-state index contributed by atoms with van der Waals surface area (Å²) in [5.41, 5.74) is 2.49. The molecule has 1 aromatic heterocycles. The van der Waals surface area contributed by atoms with Crippen molar-refractivity contribution >= 4 is 5.69 Å². The second kappa shape index (κ2) is 5.71. The monoisotopic (exact) mass is 270 g/mol. The van der Waals surface area contributed by atoms with Crippen LogP contribution < -0.4 is 10.2 Å². The Hall–Kier alpha value is -1.74. The van der Waals surface area contributed by atoms with Gasteiger partial charge in [0.25, 0.3) is 0 Å². The summed E-state index contributed by atoms with van der Waals surface area (Å²) in [5, 5.41) is 3.54. The number of benzene rings is 1. The number of nitrogens with one attached hydrogen (secondary N) is 1. The number of aryl methyl sites for hydroxylation is 1. The zero-order valence-electron chi connectivity index (χ0n) is 12.2. The van der Waals surface area contributed by atoms with E-state index in [0.717, 1.165) is 30.7 Å². The summed E-state index contributed by atoms with van der Waals surface area (Å²) in [6, 6.07) is 13.3. The zero-order valence-corrected chi connectivity index (χ0v) is 12.2. The fraction of sp³-hybridized carbons (Fsp3) is 0.412. The van der Waals surface area contributed by atoms with Gasteiger partial charge < -0.3 is 14.6 Å². The third-order valence-corrected chi connectivity index (χ3v) is 3.82. The van der Waals surface area contributed by atoms with Crippen molar-refractivity contribution in [2.75, 3.05) is 11.9 Å². The lowest BCUT2D eigenvalue weighted by atomic mass is 10.2. The van der Waals surface area contributed by atoms with Gasteiger partial charge in [-0.2, -0.15) is 0 Å². The van der Waals surface area contributed by atoms with E-state index in [2.05, 4.69) is 54.5 Å². The molecule has 0 aliphatic heterocycles. The summed E-state index contributed by atoms with van der Waals surface area (Å²) >= 11 is 0. The Morgan fingerprint density at radius 3 is 2.70 bits per heavy atom. The smallest absolute Gasteiger partial charge is 0.123 e. The first-order chi connectivity index (χ1) is 9.72. The van der Waals surface area contributed by atoms with Crippen LogP contribution in [0.3, 0.4) is 0 Å². The van der Waals surface area contributed by atoms with Gasteiger partial charge in [-0.15, -0.1) is 0 Å². The number of anilines is 1. The van der Waals surface area contributed by atoms with E-state index < -0.39 is 0 Å². The molecule has 0 bridgehead atoms. The summed E-state index contributed by atoms with van der Waals surface area (Å²) in [7, 11) is 2.09. The van der Waals surface area contributed by atoms with Gasteiger partial charge in [0.05, 0.1) is 6.54 Å². The van der Waals surface area contributed by atoms with Gasteiger partial charge in [-0.1, -0.05) is 18.2 Å². The van der Waals surface area contributed by atoms with Crippen molar-refractivity contribution in [3.05, 3.63) is 53.5 Å². The van der Waals surface area contributed by atoms with Gasteiger partial charge in [0, 0.05) is 30.9 Å². The fourth-order valence-corrected chi connectivity index (χ4v) is 2.39. The molecule has 1 aromatic carbocycles. The fourth-order valence-electron chi connectivity index (χ4n) is 2.39. The Morgan fingerprint density at radius 2 is 2.00 bits per heavy atom. The maximum absolute atomic E-state index is 5.88. The van der Waals surface area contributed by atoms with Crippen LogP contribution in [0.2, 0.25) is 0 Å². The van der Waals surface area contributed by atoms with E-state index >= 15 is 0 Å². The second-order valence-corrected chi connectivity index (χ2v) is 5.64. The molecule has 1 saturated carbocycles. The number of hydrogen-bond donors (Lipinski definition) is 1. The summed E-state index contributed by atoms with van der Waals surface area (Å²) in [5.74, 6) is 2.07. The van der Waals surface area contributed by atoms with Crippen LogP contribution in [0.15, 0.2) is 40.8 Å². The van der Waals surface area contributed by atoms with Gasteiger partial charge in [0.2, 0.25) is 0 Å². The zero-order chi connectivity index (χ0) is 13.9. The minimum absolute atomic E-state index is 0.736. The SMILES string of the molecule is Cc1oc(CN(C)c2ccccc2)cc1CNC1CC1. The standard InChI is InChI=1S/C17H22N2O/c1-13-14(11-18-15-8-9-15)10-17(20-13)12-19(2)16-6-4-3-5-7-16/h3-7,10,15,18H,8-9,11-12H2,1-2H3. The molecule has 0 radical (unpaired) electrons. The minimum atomic E-state index is 0.736. The van der Waals surface area contributed by atoms with Crippen molar-refractivity contribution in [3.8, 4) is 0 Å².